The van der Waals surface area contributed by atoms with Gasteiger partial charge < -0.3 is 15.4 Å². The van der Waals surface area contributed by atoms with Crippen LogP contribution >= 0.6 is 15.9 Å². The lowest BCUT2D eigenvalue weighted by molar-refractivity contribution is 0.0389. The van der Waals surface area contributed by atoms with Crippen LogP contribution in [0.15, 0.2) is 33.7 Å². The van der Waals surface area contributed by atoms with Crippen LogP contribution in [0.25, 0.3) is 0 Å². The lowest BCUT2D eigenvalue weighted by atomic mass is 10.1. The summed E-state index contributed by atoms with van der Waals surface area (Å²) in [5.41, 5.74) is 1.40. The molecule has 2 N–H and O–H groups in total. The SMILES string of the molecule is CN=C(NCCN1CCOCC1)NC1CC1c1ccc(Br)cc1. The van der Waals surface area contributed by atoms with Crippen LogP contribution in [-0.4, -0.2) is 63.3 Å². The molecule has 0 bridgehead atoms. The number of hydrogen-bond donors (Lipinski definition) is 2. The molecule has 0 amide bonds. The molecule has 1 saturated carbocycles. The van der Waals surface area contributed by atoms with Crippen molar-refractivity contribution in [3.63, 3.8) is 0 Å². The fourth-order valence-corrected chi connectivity index (χ4v) is 3.22. The highest BCUT2D eigenvalue weighted by atomic mass is 79.9. The highest BCUT2D eigenvalue weighted by Gasteiger charge is 2.38. The molecular weight excluding hydrogens is 356 g/mol. The summed E-state index contributed by atoms with van der Waals surface area (Å²) in [6, 6.07) is 9.11. The lowest BCUT2D eigenvalue weighted by Gasteiger charge is -2.26. The molecule has 0 radical (unpaired) electrons. The van der Waals surface area contributed by atoms with Crippen molar-refractivity contribution in [2.24, 2.45) is 4.99 Å². The van der Waals surface area contributed by atoms with Crippen LogP contribution in [0.4, 0.5) is 0 Å². The molecule has 23 heavy (non-hydrogen) atoms. The second kappa shape index (κ2) is 8.13. The Morgan fingerprint density at radius 2 is 2.04 bits per heavy atom. The van der Waals surface area contributed by atoms with Crippen LogP contribution in [-0.2, 0) is 4.74 Å². The van der Waals surface area contributed by atoms with Crippen molar-refractivity contribution in [1.29, 1.82) is 0 Å². The van der Waals surface area contributed by atoms with Crippen LogP contribution in [0.1, 0.15) is 17.9 Å². The Morgan fingerprint density at radius 1 is 1.30 bits per heavy atom. The Kier molecular flexibility index (Phi) is 5.91. The van der Waals surface area contributed by atoms with E-state index in [-0.39, 0.29) is 0 Å². The van der Waals surface area contributed by atoms with E-state index >= 15 is 0 Å². The van der Waals surface area contributed by atoms with Crippen molar-refractivity contribution in [2.75, 3.05) is 46.4 Å². The van der Waals surface area contributed by atoms with Gasteiger partial charge in [-0.1, -0.05) is 28.1 Å². The number of hydrogen-bond acceptors (Lipinski definition) is 3. The topological polar surface area (TPSA) is 48.9 Å². The summed E-state index contributed by atoms with van der Waals surface area (Å²) < 4.78 is 6.50. The van der Waals surface area contributed by atoms with E-state index < -0.39 is 0 Å². The number of aliphatic imine (C=N–C) groups is 1. The van der Waals surface area contributed by atoms with Crippen LogP contribution in [0.3, 0.4) is 0 Å². The molecule has 1 saturated heterocycles. The van der Waals surface area contributed by atoms with Gasteiger partial charge in [0.2, 0.25) is 0 Å². The predicted octanol–water partition coefficient (Wildman–Crippen LogP) is 1.80. The Labute approximate surface area is 146 Å². The van der Waals surface area contributed by atoms with Gasteiger partial charge in [0.15, 0.2) is 5.96 Å². The maximum absolute atomic E-state index is 5.37. The highest BCUT2D eigenvalue weighted by molar-refractivity contribution is 9.10. The molecule has 2 unspecified atom stereocenters. The molecule has 0 spiro atoms. The first-order chi connectivity index (χ1) is 11.3. The number of halogens is 1. The summed E-state index contributed by atoms with van der Waals surface area (Å²) in [6.45, 7) is 5.71. The van der Waals surface area contributed by atoms with Gasteiger partial charge in [0, 0.05) is 49.7 Å². The van der Waals surface area contributed by atoms with E-state index in [1.54, 1.807) is 0 Å². The minimum Gasteiger partial charge on any atom is -0.379 e. The monoisotopic (exact) mass is 380 g/mol. The molecule has 0 aromatic heterocycles. The minimum absolute atomic E-state index is 0.491. The van der Waals surface area contributed by atoms with Crippen molar-refractivity contribution in [2.45, 2.75) is 18.4 Å². The largest absolute Gasteiger partial charge is 0.379 e. The Bertz CT molecular complexity index is 528. The second-order valence-electron chi connectivity index (χ2n) is 6.10. The number of guanidine groups is 1. The van der Waals surface area contributed by atoms with Gasteiger partial charge >= 0.3 is 0 Å². The van der Waals surface area contributed by atoms with Gasteiger partial charge in [-0.2, -0.15) is 0 Å². The third kappa shape index (κ3) is 4.93. The Morgan fingerprint density at radius 3 is 2.74 bits per heavy atom. The van der Waals surface area contributed by atoms with Gasteiger partial charge in [-0.05, 0) is 24.1 Å². The van der Waals surface area contributed by atoms with Crippen LogP contribution in [0, 0.1) is 0 Å². The molecular formula is C17H25BrN4O. The summed E-state index contributed by atoms with van der Waals surface area (Å²) in [5.74, 6) is 1.50. The molecule has 126 valence electrons. The molecule has 5 nitrogen and oxygen atoms in total. The molecule has 1 aliphatic carbocycles. The molecule has 1 heterocycles. The molecule has 3 rings (SSSR count). The van der Waals surface area contributed by atoms with Gasteiger partial charge in [-0.25, -0.2) is 0 Å². The minimum atomic E-state index is 0.491. The van der Waals surface area contributed by atoms with Crippen LogP contribution in [0.2, 0.25) is 0 Å². The quantitative estimate of drug-likeness (QED) is 0.603. The number of nitrogens with one attached hydrogen (secondary N) is 2. The average molecular weight is 381 g/mol. The van der Waals surface area contributed by atoms with Gasteiger partial charge in [0.25, 0.3) is 0 Å². The lowest BCUT2D eigenvalue weighted by Crippen LogP contribution is -2.45. The smallest absolute Gasteiger partial charge is 0.191 e. The number of benzene rings is 1. The standard InChI is InChI=1S/C17H25BrN4O/c1-19-17(20-6-7-22-8-10-23-11-9-22)21-16-12-15(16)13-2-4-14(18)5-3-13/h2-5,15-16H,6-12H2,1H3,(H2,19,20,21). The summed E-state index contributed by atoms with van der Waals surface area (Å²) in [7, 11) is 1.83. The highest BCUT2D eigenvalue weighted by Crippen LogP contribution is 2.40. The zero-order chi connectivity index (χ0) is 16.1. The van der Waals surface area contributed by atoms with E-state index in [1.807, 2.05) is 7.05 Å². The normalized spacial score (nSPS) is 25.2. The zero-order valence-corrected chi connectivity index (χ0v) is 15.2. The van der Waals surface area contributed by atoms with Gasteiger partial charge in [0.05, 0.1) is 13.2 Å². The van der Waals surface area contributed by atoms with Crippen molar-refractivity contribution in [3.05, 3.63) is 34.3 Å². The summed E-state index contributed by atoms with van der Waals surface area (Å²) >= 11 is 3.49. The third-order valence-corrected chi connectivity index (χ3v) is 4.99. The summed E-state index contributed by atoms with van der Waals surface area (Å²) in [4.78, 5) is 6.76. The predicted molar refractivity (Wildman–Crippen MR) is 97.0 cm³/mol. The van der Waals surface area contributed by atoms with Gasteiger partial charge in [-0.3, -0.25) is 9.89 Å². The number of rotatable bonds is 5. The molecule has 1 aromatic rings. The van der Waals surface area contributed by atoms with Crippen molar-refractivity contribution in [1.82, 2.24) is 15.5 Å². The molecule has 1 aromatic carbocycles. The molecule has 2 aliphatic rings. The van der Waals surface area contributed by atoms with E-state index in [1.165, 1.54) is 12.0 Å². The fourth-order valence-electron chi connectivity index (χ4n) is 2.96. The van der Waals surface area contributed by atoms with Crippen molar-refractivity contribution >= 4 is 21.9 Å². The van der Waals surface area contributed by atoms with Gasteiger partial charge in [-0.15, -0.1) is 0 Å². The molecule has 1 aliphatic heterocycles. The van der Waals surface area contributed by atoms with Crippen LogP contribution in [0.5, 0.6) is 0 Å². The van der Waals surface area contributed by atoms with E-state index in [0.29, 0.717) is 12.0 Å². The molecule has 2 atom stereocenters. The van der Waals surface area contributed by atoms with Crippen molar-refractivity contribution < 1.29 is 4.74 Å². The van der Waals surface area contributed by atoms with E-state index in [4.69, 9.17) is 4.74 Å². The first-order valence-corrected chi connectivity index (χ1v) is 9.08. The zero-order valence-electron chi connectivity index (χ0n) is 13.6. The van der Waals surface area contributed by atoms with Crippen molar-refractivity contribution in [3.8, 4) is 0 Å². The van der Waals surface area contributed by atoms with Gasteiger partial charge in [0.1, 0.15) is 0 Å². The average Bonchev–Trinajstić information content (AvgIpc) is 3.35. The van der Waals surface area contributed by atoms with E-state index in [2.05, 4.69) is 60.7 Å². The second-order valence-corrected chi connectivity index (χ2v) is 7.01. The van der Waals surface area contributed by atoms with E-state index in [0.717, 1.165) is 49.8 Å². The maximum Gasteiger partial charge on any atom is 0.191 e. The Balaban J connectivity index is 1.39. The number of nitrogens with zero attached hydrogens (tertiary/aromatic N) is 2. The first kappa shape index (κ1) is 16.7. The number of ether oxygens (including phenoxy) is 1. The number of morpholine rings is 1. The maximum atomic E-state index is 5.37. The third-order valence-electron chi connectivity index (χ3n) is 4.46. The van der Waals surface area contributed by atoms with E-state index in [9.17, 15) is 0 Å². The Hall–Kier alpha value is -1.11. The van der Waals surface area contributed by atoms with Crippen LogP contribution < -0.4 is 10.6 Å². The molecule has 6 heteroatoms. The summed E-state index contributed by atoms with van der Waals surface area (Å²) in [5, 5.41) is 6.94. The fraction of sp³-hybridized carbons (Fsp3) is 0.588. The molecule has 2 fully saturated rings. The summed E-state index contributed by atoms with van der Waals surface area (Å²) in [6.07, 6.45) is 1.17. The first-order valence-electron chi connectivity index (χ1n) is 8.29.